The lowest BCUT2D eigenvalue weighted by atomic mass is 10.3. The van der Waals surface area contributed by atoms with E-state index < -0.39 is 0 Å². The highest BCUT2D eigenvalue weighted by Gasteiger charge is 2.00. The summed E-state index contributed by atoms with van der Waals surface area (Å²) in [6, 6.07) is 5.81. The minimum Gasteiger partial charge on any atom is -0.496 e. The Bertz CT molecular complexity index is 261. The normalized spacial score (nSPS) is 9.58. The average Bonchev–Trinajstić information content (AvgIpc) is 2.09. The Hall–Kier alpha value is -0.450. The Morgan fingerprint density at radius 3 is 2.75 bits per heavy atom. The van der Waals surface area contributed by atoms with Crippen LogP contribution >= 0.6 is 22.6 Å². The second-order valence-electron chi connectivity index (χ2n) is 2.23. The van der Waals surface area contributed by atoms with Crippen molar-refractivity contribution in [1.29, 1.82) is 0 Å². The van der Waals surface area contributed by atoms with Gasteiger partial charge < -0.3 is 9.47 Å². The molecule has 2 nitrogen and oxygen atoms in total. The van der Waals surface area contributed by atoms with Crippen molar-refractivity contribution in [3.8, 4) is 11.5 Å². The fraction of sp³-hybridized carbons (Fsp3) is 0.333. The van der Waals surface area contributed by atoms with Crippen molar-refractivity contribution in [3.05, 3.63) is 21.8 Å². The predicted molar refractivity (Wildman–Crippen MR) is 56.9 cm³/mol. The Balaban J connectivity index is 2.89. The van der Waals surface area contributed by atoms with Crippen molar-refractivity contribution in [2.75, 3.05) is 13.7 Å². The second kappa shape index (κ2) is 4.54. The quantitative estimate of drug-likeness (QED) is 0.791. The first kappa shape index (κ1) is 9.64. The maximum absolute atomic E-state index is 5.32. The van der Waals surface area contributed by atoms with Crippen molar-refractivity contribution in [2.45, 2.75) is 6.92 Å². The number of ether oxygens (including phenoxy) is 2. The van der Waals surface area contributed by atoms with Crippen LogP contribution in [0.3, 0.4) is 0 Å². The maximum atomic E-state index is 5.32. The van der Waals surface area contributed by atoms with Crippen LogP contribution in [0.5, 0.6) is 11.5 Å². The van der Waals surface area contributed by atoms with Crippen LogP contribution in [-0.4, -0.2) is 13.7 Å². The first-order chi connectivity index (χ1) is 5.77. The van der Waals surface area contributed by atoms with Crippen molar-refractivity contribution in [3.63, 3.8) is 0 Å². The summed E-state index contributed by atoms with van der Waals surface area (Å²) in [4.78, 5) is 0. The van der Waals surface area contributed by atoms with Gasteiger partial charge in [0.05, 0.1) is 17.3 Å². The van der Waals surface area contributed by atoms with E-state index in [9.17, 15) is 0 Å². The lowest BCUT2D eigenvalue weighted by Gasteiger charge is -2.06. The zero-order valence-corrected chi connectivity index (χ0v) is 9.29. The molecule has 1 aromatic rings. The molecule has 0 N–H and O–H groups in total. The molecule has 0 aliphatic heterocycles. The largest absolute Gasteiger partial charge is 0.496 e. The molecule has 0 saturated carbocycles. The Kier molecular flexibility index (Phi) is 3.65. The maximum Gasteiger partial charge on any atom is 0.135 e. The monoisotopic (exact) mass is 278 g/mol. The molecule has 12 heavy (non-hydrogen) atoms. The molecule has 0 radical (unpaired) electrons. The number of benzene rings is 1. The van der Waals surface area contributed by atoms with E-state index in [0.29, 0.717) is 6.61 Å². The molecule has 0 spiro atoms. The summed E-state index contributed by atoms with van der Waals surface area (Å²) in [5, 5.41) is 0. The van der Waals surface area contributed by atoms with Crippen LogP contribution in [-0.2, 0) is 0 Å². The highest BCUT2D eigenvalue weighted by molar-refractivity contribution is 14.1. The summed E-state index contributed by atoms with van der Waals surface area (Å²) in [6.45, 7) is 2.65. The van der Waals surface area contributed by atoms with Gasteiger partial charge in [0.2, 0.25) is 0 Å². The Morgan fingerprint density at radius 2 is 2.17 bits per heavy atom. The third-order valence-corrected chi connectivity index (χ3v) is 2.32. The van der Waals surface area contributed by atoms with Crippen LogP contribution in [0.25, 0.3) is 0 Å². The topological polar surface area (TPSA) is 18.5 Å². The highest BCUT2D eigenvalue weighted by Crippen LogP contribution is 2.25. The van der Waals surface area contributed by atoms with Gasteiger partial charge in [-0.05, 0) is 41.6 Å². The molecule has 0 heterocycles. The van der Waals surface area contributed by atoms with Gasteiger partial charge in [0, 0.05) is 6.07 Å². The minimum absolute atomic E-state index is 0.684. The van der Waals surface area contributed by atoms with E-state index in [1.165, 1.54) is 0 Å². The number of hydrogen-bond acceptors (Lipinski definition) is 2. The van der Waals surface area contributed by atoms with Gasteiger partial charge in [0.25, 0.3) is 0 Å². The molecule has 0 aliphatic rings. The molecule has 0 saturated heterocycles. The molecule has 0 unspecified atom stereocenters. The fourth-order valence-corrected chi connectivity index (χ4v) is 1.45. The summed E-state index contributed by atoms with van der Waals surface area (Å²) >= 11 is 2.22. The molecule has 0 aromatic heterocycles. The van der Waals surface area contributed by atoms with Gasteiger partial charge in [-0.15, -0.1) is 0 Å². The van der Waals surface area contributed by atoms with Crippen molar-refractivity contribution in [1.82, 2.24) is 0 Å². The highest BCUT2D eigenvalue weighted by atomic mass is 127. The lowest BCUT2D eigenvalue weighted by molar-refractivity contribution is 0.336. The smallest absolute Gasteiger partial charge is 0.135 e. The third kappa shape index (κ3) is 2.27. The Morgan fingerprint density at radius 1 is 1.42 bits per heavy atom. The first-order valence-electron chi connectivity index (χ1n) is 3.74. The van der Waals surface area contributed by atoms with Crippen molar-refractivity contribution < 1.29 is 9.47 Å². The molecule has 0 bridgehead atoms. The van der Waals surface area contributed by atoms with Crippen LogP contribution in [0.4, 0.5) is 0 Å². The van der Waals surface area contributed by atoms with Crippen LogP contribution in [0.1, 0.15) is 6.92 Å². The lowest BCUT2D eigenvalue weighted by Crippen LogP contribution is -1.93. The molecule has 0 aliphatic carbocycles. The zero-order valence-electron chi connectivity index (χ0n) is 7.13. The number of rotatable bonds is 3. The van der Waals surface area contributed by atoms with E-state index in [-0.39, 0.29) is 0 Å². The van der Waals surface area contributed by atoms with Gasteiger partial charge in [-0.25, -0.2) is 0 Å². The van der Waals surface area contributed by atoms with Gasteiger partial charge in [-0.1, -0.05) is 0 Å². The number of hydrogen-bond donors (Lipinski definition) is 0. The van der Waals surface area contributed by atoms with Gasteiger partial charge in [-0.3, -0.25) is 0 Å². The third-order valence-electron chi connectivity index (χ3n) is 1.43. The zero-order chi connectivity index (χ0) is 8.97. The van der Waals surface area contributed by atoms with Crippen molar-refractivity contribution in [2.24, 2.45) is 0 Å². The summed E-state index contributed by atoms with van der Waals surface area (Å²) < 4.78 is 11.6. The van der Waals surface area contributed by atoms with E-state index in [2.05, 4.69) is 22.6 Å². The summed E-state index contributed by atoms with van der Waals surface area (Å²) in [5.74, 6) is 1.72. The second-order valence-corrected chi connectivity index (χ2v) is 3.39. The number of methoxy groups -OCH3 is 1. The fourth-order valence-electron chi connectivity index (χ4n) is 0.897. The van der Waals surface area contributed by atoms with Gasteiger partial charge in [0.15, 0.2) is 0 Å². The predicted octanol–water partition coefficient (Wildman–Crippen LogP) is 2.70. The molecule has 0 fully saturated rings. The van der Waals surface area contributed by atoms with E-state index in [0.717, 1.165) is 15.1 Å². The summed E-state index contributed by atoms with van der Waals surface area (Å²) in [6.07, 6.45) is 0. The van der Waals surface area contributed by atoms with Gasteiger partial charge >= 0.3 is 0 Å². The SMILES string of the molecule is CCOc1ccc(I)c(OC)c1. The standard InChI is InChI=1S/C9H11IO2/c1-3-12-7-4-5-8(10)9(6-7)11-2/h4-6H,3H2,1-2H3. The van der Waals surface area contributed by atoms with E-state index >= 15 is 0 Å². The molecule has 66 valence electrons. The first-order valence-corrected chi connectivity index (χ1v) is 4.82. The Labute approximate surface area is 86.0 Å². The van der Waals surface area contributed by atoms with Gasteiger partial charge in [0.1, 0.15) is 11.5 Å². The molecule has 1 rings (SSSR count). The van der Waals surface area contributed by atoms with E-state index in [1.54, 1.807) is 7.11 Å². The molecule has 0 amide bonds. The van der Waals surface area contributed by atoms with Crippen LogP contribution in [0, 0.1) is 3.57 Å². The summed E-state index contributed by atoms with van der Waals surface area (Å²) in [5.41, 5.74) is 0. The molecule has 1 aromatic carbocycles. The molecular weight excluding hydrogens is 267 g/mol. The van der Waals surface area contributed by atoms with Crippen LogP contribution in [0.15, 0.2) is 18.2 Å². The number of halogens is 1. The molecule has 3 heteroatoms. The van der Waals surface area contributed by atoms with E-state index in [1.807, 2.05) is 25.1 Å². The summed E-state index contributed by atoms with van der Waals surface area (Å²) in [7, 11) is 1.66. The molecule has 0 atom stereocenters. The van der Waals surface area contributed by atoms with Crippen LogP contribution < -0.4 is 9.47 Å². The van der Waals surface area contributed by atoms with Crippen molar-refractivity contribution >= 4 is 22.6 Å². The van der Waals surface area contributed by atoms with E-state index in [4.69, 9.17) is 9.47 Å². The van der Waals surface area contributed by atoms with Crippen LogP contribution in [0.2, 0.25) is 0 Å². The molecular formula is C9H11IO2. The minimum atomic E-state index is 0.684. The average molecular weight is 278 g/mol. The van der Waals surface area contributed by atoms with Gasteiger partial charge in [-0.2, -0.15) is 0 Å².